The molecule has 7 heteroatoms. The molecule has 0 aliphatic carbocycles. The average Bonchev–Trinajstić information content (AvgIpc) is 3.19. The minimum absolute atomic E-state index is 0. The van der Waals surface area contributed by atoms with Crippen molar-refractivity contribution in [3.05, 3.63) is 65.2 Å². The molecule has 30 heavy (non-hydrogen) atoms. The summed E-state index contributed by atoms with van der Waals surface area (Å²) in [5.41, 5.74) is 5.27. The van der Waals surface area contributed by atoms with Gasteiger partial charge in [0.05, 0.1) is 22.7 Å². The Morgan fingerprint density at radius 2 is 1.70 bits per heavy atom. The van der Waals surface area contributed by atoms with Crippen LogP contribution in [0.25, 0.3) is 22.2 Å². The Kier molecular flexibility index (Phi) is 7.45. The fourth-order valence-electron chi connectivity index (χ4n) is 3.74. The third kappa shape index (κ3) is 4.42. The molecule has 1 amide bonds. The molecule has 0 bridgehead atoms. The van der Waals surface area contributed by atoms with Gasteiger partial charge in [-0.2, -0.15) is 0 Å². The number of aliphatic carboxylic acids is 1. The van der Waals surface area contributed by atoms with E-state index in [0.29, 0.717) is 18.5 Å². The SMILES string of the molecule is Cc1cc2nc(-c3ccccc3)cc(C(=O)N3CCC(C(=O)O)C3)c2cc1C.Cl.Cl. The lowest BCUT2D eigenvalue weighted by atomic mass is 9.99. The molecule has 1 unspecified atom stereocenters. The van der Waals surface area contributed by atoms with E-state index in [1.165, 1.54) is 0 Å². The molecular weight excluding hydrogens is 423 g/mol. The van der Waals surface area contributed by atoms with Crippen LogP contribution in [-0.2, 0) is 4.79 Å². The number of carboxylic acids is 1. The van der Waals surface area contributed by atoms with Gasteiger partial charge in [0, 0.05) is 24.0 Å². The number of likely N-dealkylation sites (tertiary alicyclic amines) is 1. The largest absolute Gasteiger partial charge is 0.481 e. The summed E-state index contributed by atoms with van der Waals surface area (Å²) in [6, 6.07) is 15.6. The van der Waals surface area contributed by atoms with E-state index in [1.807, 2.05) is 62.4 Å². The van der Waals surface area contributed by atoms with E-state index >= 15 is 0 Å². The van der Waals surface area contributed by atoms with E-state index in [0.717, 1.165) is 33.3 Å². The molecule has 0 spiro atoms. The monoisotopic (exact) mass is 446 g/mol. The van der Waals surface area contributed by atoms with Gasteiger partial charge in [0.1, 0.15) is 0 Å². The maximum Gasteiger partial charge on any atom is 0.308 e. The number of carboxylic acid groups (broad SMARTS) is 1. The lowest BCUT2D eigenvalue weighted by Gasteiger charge is -2.18. The number of fused-ring (bicyclic) bond motifs is 1. The van der Waals surface area contributed by atoms with E-state index in [4.69, 9.17) is 4.98 Å². The van der Waals surface area contributed by atoms with Gasteiger partial charge >= 0.3 is 5.97 Å². The van der Waals surface area contributed by atoms with Gasteiger partial charge in [-0.25, -0.2) is 4.98 Å². The lowest BCUT2D eigenvalue weighted by molar-refractivity contribution is -0.141. The zero-order valence-electron chi connectivity index (χ0n) is 16.8. The predicted molar refractivity (Wildman–Crippen MR) is 123 cm³/mol. The first-order valence-corrected chi connectivity index (χ1v) is 9.43. The Morgan fingerprint density at radius 3 is 2.33 bits per heavy atom. The highest BCUT2D eigenvalue weighted by atomic mass is 35.5. The predicted octanol–water partition coefficient (Wildman–Crippen LogP) is 4.91. The summed E-state index contributed by atoms with van der Waals surface area (Å²) in [7, 11) is 0. The molecule has 0 saturated carbocycles. The van der Waals surface area contributed by atoms with E-state index in [2.05, 4.69) is 0 Å². The van der Waals surface area contributed by atoms with Crippen LogP contribution in [-0.4, -0.2) is 40.0 Å². The number of halogens is 2. The van der Waals surface area contributed by atoms with E-state index < -0.39 is 11.9 Å². The molecule has 1 saturated heterocycles. The summed E-state index contributed by atoms with van der Waals surface area (Å²) in [6.07, 6.45) is 0.494. The zero-order chi connectivity index (χ0) is 19.8. The quantitative estimate of drug-likeness (QED) is 0.620. The molecule has 4 rings (SSSR count). The van der Waals surface area contributed by atoms with Crippen LogP contribution in [0, 0.1) is 19.8 Å². The summed E-state index contributed by atoms with van der Waals surface area (Å²) in [4.78, 5) is 31.1. The number of carbonyl (C=O) groups excluding carboxylic acids is 1. The lowest BCUT2D eigenvalue weighted by Crippen LogP contribution is -2.30. The first-order chi connectivity index (χ1) is 13.4. The fraction of sp³-hybridized carbons (Fsp3) is 0.261. The van der Waals surface area contributed by atoms with Crippen LogP contribution in [0.15, 0.2) is 48.5 Å². The number of aryl methyl sites for hydroxylation is 2. The van der Waals surface area contributed by atoms with Crippen LogP contribution in [0.3, 0.4) is 0 Å². The molecule has 1 fully saturated rings. The van der Waals surface area contributed by atoms with E-state index in [-0.39, 0.29) is 37.3 Å². The Balaban J connectivity index is 0.00000160. The molecule has 5 nitrogen and oxygen atoms in total. The number of nitrogens with zero attached hydrogens (tertiary/aromatic N) is 2. The Labute approximate surface area is 187 Å². The molecule has 1 aliphatic heterocycles. The number of hydrogen-bond donors (Lipinski definition) is 1. The number of aromatic nitrogens is 1. The van der Waals surface area contributed by atoms with E-state index in [9.17, 15) is 14.7 Å². The van der Waals surface area contributed by atoms with E-state index in [1.54, 1.807) is 4.90 Å². The van der Waals surface area contributed by atoms with Crippen molar-refractivity contribution >= 4 is 47.6 Å². The molecule has 0 radical (unpaired) electrons. The van der Waals surface area contributed by atoms with Crippen LogP contribution < -0.4 is 0 Å². The maximum atomic E-state index is 13.3. The fourth-order valence-corrected chi connectivity index (χ4v) is 3.74. The van der Waals surface area contributed by atoms with Crippen molar-refractivity contribution in [3.8, 4) is 11.3 Å². The first-order valence-electron chi connectivity index (χ1n) is 9.43. The van der Waals surface area contributed by atoms with Gasteiger partial charge in [-0.1, -0.05) is 30.3 Å². The molecule has 1 aromatic heterocycles. The maximum absolute atomic E-state index is 13.3. The number of amides is 1. The third-order valence-corrected chi connectivity index (χ3v) is 5.55. The van der Waals surface area contributed by atoms with Crippen LogP contribution >= 0.6 is 24.8 Å². The van der Waals surface area contributed by atoms with Crippen molar-refractivity contribution in [2.45, 2.75) is 20.3 Å². The van der Waals surface area contributed by atoms with Gasteiger partial charge < -0.3 is 10.0 Å². The van der Waals surface area contributed by atoms with Crippen molar-refractivity contribution in [2.24, 2.45) is 5.92 Å². The normalized spacial score (nSPS) is 15.4. The van der Waals surface area contributed by atoms with Gasteiger partial charge in [-0.15, -0.1) is 24.8 Å². The number of hydrogen-bond acceptors (Lipinski definition) is 3. The van der Waals surface area contributed by atoms with Crippen LogP contribution in [0.2, 0.25) is 0 Å². The van der Waals surface area contributed by atoms with Crippen molar-refractivity contribution < 1.29 is 14.7 Å². The number of pyridine rings is 1. The first kappa shape index (κ1) is 23.6. The molecule has 2 heterocycles. The highest BCUT2D eigenvalue weighted by molar-refractivity contribution is 6.07. The summed E-state index contributed by atoms with van der Waals surface area (Å²) < 4.78 is 0. The second-order valence-electron chi connectivity index (χ2n) is 7.45. The van der Waals surface area contributed by atoms with Crippen molar-refractivity contribution in [1.82, 2.24) is 9.88 Å². The molecule has 3 aromatic rings. The molecular formula is C23H24Cl2N2O3. The smallest absolute Gasteiger partial charge is 0.308 e. The Bertz CT molecular complexity index is 1090. The minimum Gasteiger partial charge on any atom is -0.481 e. The summed E-state index contributed by atoms with van der Waals surface area (Å²) in [6.45, 7) is 4.77. The summed E-state index contributed by atoms with van der Waals surface area (Å²) in [5.74, 6) is -1.46. The number of rotatable bonds is 3. The minimum atomic E-state index is -0.841. The van der Waals surface area contributed by atoms with Crippen LogP contribution in [0.5, 0.6) is 0 Å². The molecule has 1 N–H and O–H groups in total. The molecule has 158 valence electrons. The molecule has 1 atom stereocenters. The second-order valence-corrected chi connectivity index (χ2v) is 7.45. The Hall–Kier alpha value is -2.63. The number of carbonyl (C=O) groups is 2. The van der Waals surface area contributed by atoms with Gasteiger partial charge in [0.15, 0.2) is 0 Å². The second kappa shape index (κ2) is 9.45. The topological polar surface area (TPSA) is 70.5 Å². The van der Waals surface area contributed by atoms with Crippen LogP contribution in [0.4, 0.5) is 0 Å². The highest BCUT2D eigenvalue weighted by Crippen LogP contribution is 2.29. The van der Waals surface area contributed by atoms with Crippen molar-refractivity contribution in [3.63, 3.8) is 0 Å². The average molecular weight is 447 g/mol. The van der Waals surface area contributed by atoms with Gasteiger partial charge in [0.25, 0.3) is 5.91 Å². The van der Waals surface area contributed by atoms with Crippen LogP contribution in [0.1, 0.15) is 27.9 Å². The zero-order valence-corrected chi connectivity index (χ0v) is 18.4. The van der Waals surface area contributed by atoms with Gasteiger partial charge in [0.2, 0.25) is 0 Å². The molecule has 2 aromatic carbocycles. The summed E-state index contributed by atoms with van der Waals surface area (Å²) >= 11 is 0. The van der Waals surface area contributed by atoms with Gasteiger partial charge in [-0.05, 0) is 49.6 Å². The summed E-state index contributed by atoms with van der Waals surface area (Å²) in [5, 5.41) is 10.1. The van der Waals surface area contributed by atoms with Crippen molar-refractivity contribution in [1.29, 1.82) is 0 Å². The third-order valence-electron chi connectivity index (χ3n) is 5.55. The highest BCUT2D eigenvalue weighted by Gasteiger charge is 2.32. The number of benzene rings is 2. The molecule has 1 aliphatic rings. The van der Waals surface area contributed by atoms with Crippen molar-refractivity contribution in [2.75, 3.05) is 13.1 Å². The Morgan fingerprint density at radius 1 is 1.03 bits per heavy atom. The standard InChI is InChI=1S/C23H22N2O3.2ClH/c1-14-10-18-19(22(26)25-9-8-17(13-25)23(27)28)12-20(16-6-4-3-5-7-16)24-21(18)11-15(14)2;;/h3-7,10-12,17H,8-9,13H2,1-2H3,(H,27,28);2*1H. The van der Waals surface area contributed by atoms with Gasteiger partial charge in [-0.3, -0.25) is 9.59 Å².